The van der Waals surface area contributed by atoms with Crippen LogP contribution in [-0.4, -0.2) is 25.5 Å². The number of nitrogen functional groups attached to an aromatic ring is 1. The molecule has 32 heavy (non-hydrogen) atoms. The monoisotopic (exact) mass is 476 g/mol. The van der Waals surface area contributed by atoms with Crippen molar-refractivity contribution in [3.05, 3.63) is 65.3 Å². The van der Waals surface area contributed by atoms with Crippen LogP contribution in [0.15, 0.2) is 53.6 Å². The molecule has 0 saturated heterocycles. The molecule has 4 N–H and O–H groups in total. The number of halogens is 3. The Bertz CT molecular complexity index is 1500. The minimum Gasteiger partial charge on any atom is -0.480 e. The summed E-state index contributed by atoms with van der Waals surface area (Å²) in [5.74, 6) is -1.95. The summed E-state index contributed by atoms with van der Waals surface area (Å²) in [5.41, 5.74) is 5.47. The van der Waals surface area contributed by atoms with E-state index in [0.29, 0.717) is 16.7 Å². The van der Waals surface area contributed by atoms with Gasteiger partial charge in [-0.2, -0.15) is 0 Å². The Morgan fingerprint density at radius 2 is 1.81 bits per heavy atom. The minimum absolute atomic E-state index is 0.204. The first-order chi connectivity index (χ1) is 15.1. The summed E-state index contributed by atoms with van der Waals surface area (Å²) in [7, 11) is -3.26. The van der Waals surface area contributed by atoms with Crippen molar-refractivity contribution in [2.75, 3.05) is 12.8 Å². The lowest BCUT2D eigenvalue weighted by atomic mass is 9.96. The van der Waals surface area contributed by atoms with Gasteiger partial charge in [-0.1, -0.05) is 17.7 Å². The van der Waals surface area contributed by atoms with E-state index in [0.717, 1.165) is 18.3 Å². The highest BCUT2D eigenvalue weighted by molar-refractivity contribution is 7.89. The highest BCUT2D eigenvalue weighted by Crippen LogP contribution is 2.42. The summed E-state index contributed by atoms with van der Waals surface area (Å²) < 4.78 is 60.0. The van der Waals surface area contributed by atoms with Crippen molar-refractivity contribution in [3.8, 4) is 28.1 Å². The Balaban J connectivity index is 2.02. The quantitative estimate of drug-likeness (QED) is 0.456. The van der Waals surface area contributed by atoms with Gasteiger partial charge in [-0.15, -0.1) is 0 Å². The zero-order valence-corrected chi connectivity index (χ0v) is 18.0. The van der Waals surface area contributed by atoms with Gasteiger partial charge < -0.3 is 10.5 Å². The predicted octanol–water partition coefficient (Wildman–Crippen LogP) is 4.13. The lowest BCUT2D eigenvalue weighted by Gasteiger charge is -2.16. The normalized spacial score (nSPS) is 11.7. The van der Waals surface area contributed by atoms with Crippen LogP contribution >= 0.6 is 11.6 Å². The van der Waals surface area contributed by atoms with Gasteiger partial charge in [0.15, 0.2) is 4.90 Å². The van der Waals surface area contributed by atoms with Crippen LogP contribution in [0.1, 0.15) is 0 Å². The maximum Gasteiger partial charge on any atom is 0.244 e. The molecular formula is C21H15ClF2N4O3S. The van der Waals surface area contributed by atoms with E-state index in [-0.39, 0.29) is 33.2 Å². The number of sulfonamides is 1. The Hall–Kier alpha value is -3.34. The van der Waals surface area contributed by atoms with Crippen LogP contribution in [0.25, 0.3) is 33.2 Å². The van der Waals surface area contributed by atoms with Gasteiger partial charge in [0, 0.05) is 16.5 Å². The number of anilines is 1. The molecule has 0 aliphatic carbocycles. The molecule has 0 bridgehead atoms. The number of hydrogen-bond acceptors (Lipinski definition) is 6. The minimum atomic E-state index is -4.44. The number of primary sulfonamides is 1. The number of nitrogens with zero attached hydrogens (tertiary/aromatic N) is 2. The fourth-order valence-electron chi connectivity index (χ4n) is 3.42. The van der Waals surface area contributed by atoms with Crippen LogP contribution in [-0.2, 0) is 10.0 Å². The summed E-state index contributed by atoms with van der Waals surface area (Å²) in [6.07, 6.45) is 1.10. The van der Waals surface area contributed by atoms with E-state index in [9.17, 15) is 12.8 Å². The number of methoxy groups -OCH3 is 1. The van der Waals surface area contributed by atoms with Crippen LogP contribution in [0.2, 0.25) is 5.02 Å². The number of pyridine rings is 2. The van der Waals surface area contributed by atoms with Crippen molar-refractivity contribution in [3.63, 3.8) is 0 Å². The largest absolute Gasteiger partial charge is 0.480 e. The third-order valence-corrected chi connectivity index (χ3v) is 6.03. The maximum atomic E-state index is 15.7. The molecule has 0 radical (unpaired) electrons. The zero-order chi connectivity index (χ0) is 23.2. The van der Waals surface area contributed by atoms with E-state index >= 15 is 4.39 Å². The first-order valence-corrected chi connectivity index (χ1v) is 10.9. The molecule has 2 heterocycles. The molecule has 11 heteroatoms. The molecule has 164 valence electrons. The van der Waals surface area contributed by atoms with Gasteiger partial charge in [0.2, 0.25) is 15.9 Å². The molecular weight excluding hydrogens is 462 g/mol. The van der Waals surface area contributed by atoms with Crippen molar-refractivity contribution >= 4 is 38.3 Å². The average Bonchev–Trinajstić information content (AvgIpc) is 2.73. The first-order valence-electron chi connectivity index (χ1n) is 9.02. The Labute approximate surface area is 186 Å². The number of ether oxygens (including phenoxy) is 1. The Morgan fingerprint density at radius 3 is 2.50 bits per heavy atom. The fourth-order valence-corrected chi connectivity index (χ4v) is 4.61. The summed E-state index contributed by atoms with van der Waals surface area (Å²) >= 11 is 6.18. The summed E-state index contributed by atoms with van der Waals surface area (Å²) in [4.78, 5) is 7.34. The number of benzene rings is 2. The molecule has 2 aromatic carbocycles. The molecule has 7 nitrogen and oxygen atoms in total. The van der Waals surface area contributed by atoms with Gasteiger partial charge in [0.25, 0.3) is 0 Å². The Morgan fingerprint density at radius 1 is 1.06 bits per heavy atom. The van der Waals surface area contributed by atoms with E-state index in [1.807, 2.05) is 0 Å². The van der Waals surface area contributed by atoms with Crippen molar-refractivity contribution in [1.29, 1.82) is 0 Å². The summed E-state index contributed by atoms with van der Waals surface area (Å²) in [6, 6.07) is 9.92. The zero-order valence-electron chi connectivity index (χ0n) is 16.4. The van der Waals surface area contributed by atoms with Gasteiger partial charge in [0.05, 0.1) is 29.4 Å². The average molecular weight is 477 g/mol. The molecule has 0 unspecified atom stereocenters. The first kappa shape index (κ1) is 21.9. The van der Waals surface area contributed by atoms with Crippen LogP contribution in [0, 0.1) is 11.6 Å². The molecule has 0 fully saturated rings. The van der Waals surface area contributed by atoms with Gasteiger partial charge >= 0.3 is 0 Å². The second kappa shape index (κ2) is 7.97. The van der Waals surface area contributed by atoms with Crippen LogP contribution in [0.4, 0.5) is 14.6 Å². The lowest BCUT2D eigenvalue weighted by molar-refractivity contribution is 0.385. The van der Waals surface area contributed by atoms with Gasteiger partial charge in [0.1, 0.15) is 17.5 Å². The van der Waals surface area contributed by atoms with Crippen molar-refractivity contribution < 1.29 is 21.9 Å². The molecule has 4 rings (SSSR count). The third kappa shape index (κ3) is 3.72. The smallest absolute Gasteiger partial charge is 0.244 e. The van der Waals surface area contributed by atoms with E-state index in [1.54, 1.807) is 24.3 Å². The van der Waals surface area contributed by atoms with E-state index in [2.05, 4.69) is 9.97 Å². The number of nitrogens with two attached hydrogens (primary N) is 2. The molecule has 0 saturated carbocycles. The highest BCUT2D eigenvalue weighted by atomic mass is 35.5. The predicted molar refractivity (Wildman–Crippen MR) is 118 cm³/mol. The number of rotatable bonds is 4. The van der Waals surface area contributed by atoms with E-state index in [1.165, 1.54) is 13.2 Å². The van der Waals surface area contributed by atoms with Crippen molar-refractivity contribution in [2.45, 2.75) is 4.90 Å². The summed E-state index contributed by atoms with van der Waals surface area (Å²) in [5, 5.41) is 5.73. The molecule has 0 spiro atoms. The second-order valence-corrected chi connectivity index (χ2v) is 8.70. The van der Waals surface area contributed by atoms with Crippen LogP contribution in [0.5, 0.6) is 5.88 Å². The highest BCUT2D eigenvalue weighted by Gasteiger charge is 2.28. The molecule has 4 aromatic rings. The third-order valence-electron chi connectivity index (χ3n) is 4.79. The molecule has 0 amide bonds. The molecule has 0 aliphatic rings. The van der Waals surface area contributed by atoms with E-state index < -0.39 is 26.6 Å². The van der Waals surface area contributed by atoms with Crippen LogP contribution < -0.4 is 15.6 Å². The fraction of sp³-hybridized carbons (Fsp3) is 0.0476. The topological polar surface area (TPSA) is 121 Å². The number of aromatic nitrogens is 2. The van der Waals surface area contributed by atoms with Gasteiger partial charge in [-0.05, 0) is 42.0 Å². The van der Waals surface area contributed by atoms with Gasteiger partial charge in [-0.3, -0.25) is 0 Å². The SMILES string of the molecule is COc1ncc(Cl)c(-c2ccc(F)c(-c3ccc4nc(N)ccc4c3)c2F)c1S(N)(=O)=O. The van der Waals surface area contributed by atoms with Crippen LogP contribution in [0.3, 0.4) is 0 Å². The second-order valence-electron chi connectivity index (χ2n) is 6.79. The standard InChI is InChI=1S/C21H15ClF2N4O3S/c1-31-21-20(32(26,29)30)18(13(22)9-27-21)12-4-5-14(23)17(19(12)24)11-2-6-15-10(8-11)3-7-16(25)28-15/h2-9H,1H3,(H2,25,28)(H2,26,29,30). The number of hydrogen-bond donors (Lipinski definition) is 2. The number of fused-ring (bicyclic) bond motifs is 1. The van der Waals surface area contributed by atoms with Crippen molar-refractivity contribution in [1.82, 2.24) is 9.97 Å². The van der Waals surface area contributed by atoms with Gasteiger partial charge in [-0.25, -0.2) is 32.3 Å². The maximum absolute atomic E-state index is 15.7. The summed E-state index contributed by atoms with van der Waals surface area (Å²) in [6.45, 7) is 0. The lowest BCUT2D eigenvalue weighted by Crippen LogP contribution is -2.16. The van der Waals surface area contributed by atoms with Crippen molar-refractivity contribution in [2.24, 2.45) is 5.14 Å². The molecule has 0 aliphatic heterocycles. The molecule has 0 atom stereocenters. The van der Waals surface area contributed by atoms with E-state index in [4.69, 9.17) is 27.2 Å². The Kier molecular flexibility index (Phi) is 5.45. The molecule has 2 aromatic heterocycles.